The Balaban J connectivity index is 1.49. The van der Waals surface area contributed by atoms with E-state index in [2.05, 4.69) is 5.32 Å². The van der Waals surface area contributed by atoms with Crippen molar-refractivity contribution in [3.05, 3.63) is 98.5 Å². The summed E-state index contributed by atoms with van der Waals surface area (Å²) in [4.78, 5) is 34.3. The molecule has 1 saturated heterocycles. The van der Waals surface area contributed by atoms with Crippen LogP contribution in [0.25, 0.3) is 5.65 Å². The molecule has 0 bridgehead atoms. The topological polar surface area (TPSA) is 114 Å². The molecular weight excluding hydrogens is 573 g/mol. The number of aromatic nitrogens is 2. The summed E-state index contributed by atoms with van der Waals surface area (Å²) in [5.41, 5.74) is 2.23. The Hall–Kier alpha value is -5.05. The Morgan fingerprint density at radius 1 is 1.16 bits per heavy atom. The number of alkyl halides is 3. The van der Waals surface area contributed by atoms with E-state index in [1.807, 2.05) is 42.7 Å². The molecule has 0 aliphatic carbocycles. The van der Waals surface area contributed by atoms with E-state index in [-0.39, 0.29) is 22.7 Å². The van der Waals surface area contributed by atoms with Crippen molar-refractivity contribution in [3.63, 3.8) is 0 Å². The van der Waals surface area contributed by atoms with Crippen LogP contribution in [-0.4, -0.2) is 46.1 Å². The van der Waals surface area contributed by atoms with Gasteiger partial charge in [-0.15, -0.1) is 0 Å². The maximum absolute atomic E-state index is 13.7. The number of hydrogen-bond donors (Lipinski definition) is 2. The fourth-order valence-corrected chi connectivity index (χ4v) is 5.76. The van der Waals surface area contributed by atoms with Crippen molar-refractivity contribution in [2.45, 2.75) is 46.0 Å². The van der Waals surface area contributed by atoms with Crippen LogP contribution in [0.5, 0.6) is 0 Å². The van der Waals surface area contributed by atoms with E-state index < -0.39 is 23.8 Å². The Morgan fingerprint density at radius 2 is 1.89 bits per heavy atom. The predicted molar refractivity (Wildman–Crippen MR) is 162 cm³/mol. The Kier molecular flexibility index (Phi) is 7.99. The summed E-state index contributed by atoms with van der Waals surface area (Å²) in [6, 6.07) is 13.0. The van der Waals surface area contributed by atoms with Crippen LogP contribution >= 0.6 is 0 Å². The van der Waals surface area contributed by atoms with Crippen LogP contribution in [0.4, 0.5) is 30.4 Å². The highest BCUT2D eigenvalue weighted by atomic mass is 19.4. The lowest BCUT2D eigenvalue weighted by molar-refractivity contribution is -0.137. The number of nitrogens with zero attached hydrogens (tertiary/aromatic N) is 5. The van der Waals surface area contributed by atoms with E-state index in [0.717, 1.165) is 17.7 Å². The van der Waals surface area contributed by atoms with Crippen LogP contribution in [0, 0.1) is 25.2 Å². The lowest BCUT2D eigenvalue weighted by Gasteiger charge is -2.42. The largest absolute Gasteiger partial charge is 0.478 e. The number of anilines is 3. The van der Waals surface area contributed by atoms with Gasteiger partial charge in [-0.3, -0.25) is 9.20 Å². The van der Waals surface area contributed by atoms with Crippen molar-refractivity contribution in [2.24, 2.45) is 0 Å². The van der Waals surface area contributed by atoms with Crippen molar-refractivity contribution in [1.82, 2.24) is 9.38 Å². The molecule has 9 nitrogen and oxygen atoms in total. The van der Waals surface area contributed by atoms with E-state index >= 15 is 0 Å². The van der Waals surface area contributed by atoms with Crippen molar-refractivity contribution in [3.8, 4) is 6.07 Å². The lowest BCUT2D eigenvalue weighted by Crippen LogP contribution is -2.53. The van der Waals surface area contributed by atoms with Crippen LogP contribution in [0.1, 0.15) is 58.1 Å². The molecule has 0 spiro atoms. The Labute approximate surface area is 251 Å². The fraction of sp³-hybridized carbons (Fsp3) is 0.312. The molecule has 5 rings (SSSR count). The average molecular weight is 605 g/mol. The van der Waals surface area contributed by atoms with Gasteiger partial charge in [0.05, 0.1) is 34.0 Å². The predicted octanol–water partition coefficient (Wildman–Crippen LogP) is 5.79. The highest BCUT2D eigenvalue weighted by Crippen LogP contribution is 2.34. The van der Waals surface area contributed by atoms with Gasteiger partial charge in [0.25, 0.3) is 5.56 Å². The minimum absolute atomic E-state index is 0.0512. The van der Waals surface area contributed by atoms with E-state index in [1.165, 1.54) is 16.5 Å². The van der Waals surface area contributed by atoms with Gasteiger partial charge in [0, 0.05) is 43.1 Å². The molecule has 4 aromatic rings. The van der Waals surface area contributed by atoms with Crippen LogP contribution in [0.3, 0.4) is 0 Å². The zero-order chi connectivity index (χ0) is 31.9. The zero-order valence-corrected chi connectivity index (χ0v) is 24.6. The van der Waals surface area contributed by atoms with Gasteiger partial charge in [0.15, 0.2) is 0 Å². The number of para-hydroxylation sites is 1. The standard InChI is InChI=1S/C32H31F3N6O3/c1-18-13-25(21(4)37-26-8-6-5-7-24(26)31(43)44)29-38-28(20(3)30(42)41(29)16-18)40-12-11-39(17-19(40)2)27-10-9-23(32(33,34)35)14-22(27)15-36/h5-10,13-14,16,19,21,37H,11-12,17H2,1-4H3,(H,43,44)/t19?,21-/m1/s1. The molecule has 228 valence electrons. The molecule has 2 aromatic heterocycles. The molecule has 12 heteroatoms. The number of fused-ring (bicyclic) bond motifs is 1. The first kappa shape index (κ1) is 30.4. The summed E-state index contributed by atoms with van der Waals surface area (Å²) in [5, 5.41) is 22.5. The number of benzene rings is 2. The van der Waals surface area contributed by atoms with Crippen LogP contribution in [-0.2, 0) is 6.18 Å². The van der Waals surface area contributed by atoms with Crippen LogP contribution < -0.4 is 20.7 Å². The molecule has 1 aliphatic heterocycles. The summed E-state index contributed by atoms with van der Waals surface area (Å²) >= 11 is 0. The summed E-state index contributed by atoms with van der Waals surface area (Å²) in [5.74, 6) is -0.564. The van der Waals surface area contributed by atoms with E-state index in [4.69, 9.17) is 4.98 Å². The molecule has 2 N–H and O–H groups in total. The third-order valence-electron chi connectivity index (χ3n) is 7.97. The number of rotatable bonds is 6. The molecule has 2 aromatic carbocycles. The van der Waals surface area contributed by atoms with Crippen LogP contribution in [0.15, 0.2) is 59.5 Å². The minimum atomic E-state index is -4.55. The average Bonchev–Trinajstić information content (AvgIpc) is 2.98. The summed E-state index contributed by atoms with van der Waals surface area (Å²) in [6.45, 7) is 8.60. The molecule has 0 amide bonds. The summed E-state index contributed by atoms with van der Waals surface area (Å²) in [7, 11) is 0. The number of pyridine rings is 1. The molecule has 3 heterocycles. The second kappa shape index (κ2) is 11.6. The lowest BCUT2D eigenvalue weighted by atomic mass is 10.0. The third-order valence-corrected chi connectivity index (χ3v) is 7.97. The van der Waals surface area contributed by atoms with Gasteiger partial charge in [-0.25, -0.2) is 9.78 Å². The Bertz CT molecular complexity index is 1860. The number of carboxylic acid groups (broad SMARTS) is 1. The highest BCUT2D eigenvalue weighted by Gasteiger charge is 2.33. The van der Waals surface area contributed by atoms with Gasteiger partial charge in [-0.2, -0.15) is 18.4 Å². The molecule has 2 atom stereocenters. The quantitative estimate of drug-likeness (QED) is 0.285. The van der Waals surface area contributed by atoms with Gasteiger partial charge in [-0.05, 0) is 69.7 Å². The first-order chi connectivity index (χ1) is 20.8. The molecule has 0 radical (unpaired) electrons. The Morgan fingerprint density at radius 3 is 2.55 bits per heavy atom. The highest BCUT2D eigenvalue weighted by molar-refractivity contribution is 5.94. The normalized spacial score (nSPS) is 16.1. The molecule has 0 saturated carbocycles. The number of nitrogens with one attached hydrogen (secondary N) is 1. The number of halogens is 3. The number of carbonyl (C=O) groups is 1. The number of aryl methyl sites for hydroxylation is 1. The molecule has 1 unspecified atom stereocenters. The second-order valence-corrected chi connectivity index (χ2v) is 11.1. The second-order valence-electron chi connectivity index (χ2n) is 11.1. The maximum Gasteiger partial charge on any atom is 0.416 e. The number of hydrogen-bond acceptors (Lipinski definition) is 7. The van der Waals surface area contributed by atoms with Gasteiger partial charge in [0.2, 0.25) is 0 Å². The minimum Gasteiger partial charge on any atom is -0.478 e. The monoisotopic (exact) mass is 604 g/mol. The van der Waals surface area contributed by atoms with Crippen molar-refractivity contribution in [1.29, 1.82) is 5.26 Å². The molecular formula is C32H31F3N6O3. The van der Waals surface area contributed by atoms with Gasteiger partial charge >= 0.3 is 12.1 Å². The van der Waals surface area contributed by atoms with Crippen LogP contribution in [0.2, 0.25) is 0 Å². The van der Waals surface area contributed by atoms with Crippen molar-refractivity contribution in [2.75, 3.05) is 34.8 Å². The van der Waals surface area contributed by atoms with Gasteiger partial charge in [-0.1, -0.05) is 12.1 Å². The number of piperazine rings is 1. The van der Waals surface area contributed by atoms with E-state index in [9.17, 15) is 33.1 Å². The van der Waals surface area contributed by atoms with Gasteiger partial charge in [0.1, 0.15) is 17.5 Å². The number of carboxylic acids is 1. The van der Waals surface area contributed by atoms with E-state index in [1.54, 1.807) is 31.3 Å². The molecule has 44 heavy (non-hydrogen) atoms. The van der Waals surface area contributed by atoms with Crippen molar-refractivity contribution >= 4 is 28.8 Å². The van der Waals surface area contributed by atoms with Gasteiger partial charge < -0.3 is 20.2 Å². The first-order valence-electron chi connectivity index (χ1n) is 14.1. The molecule has 1 aliphatic rings. The van der Waals surface area contributed by atoms with E-state index in [0.29, 0.717) is 53.6 Å². The zero-order valence-electron chi connectivity index (χ0n) is 24.6. The first-order valence-corrected chi connectivity index (χ1v) is 14.1. The molecule has 1 fully saturated rings. The maximum atomic E-state index is 13.7. The smallest absolute Gasteiger partial charge is 0.416 e. The van der Waals surface area contributed by atoms with Crippen molar-refractivity contribution < 1.29 is 23.1 Å². The third kappa shape index (κ3) is 5.65. The number of nitriles is 1. The summed E-state index contributed by atoms with van der Waals surface area (Å²) in [6.07, 6.45) is -2.83. The SMILES string of the molecule is Cc1cc([C@@H](C)Nc2ccccc2C(=O)O)c2nc(N3CCN(c4ccc(C(F)(F)F)cc4C#N)CC3C)c(C)c(=O)n2c1. The number of aromatic carboxylic acids is 1. The fourth-order valence-electron chi connectivity index (χ4n) is 5.76. The summed E-state index contributed by atoms with van der Waals surface area (Å²) < 4.78 is 41.2.